The second-order valence-corrected chi connectivity index (χ2v) is 4.47. The molecule has 1 N–H and O–H groups in total. The van der Waals surface area contributed by atoms with Gasteiger partial charge in [-0.1, -0.05) is 24.3 Å². The van der Waals surface area contributed by atoms with Crippen molar-refractivity contribution in [3.05, 3.63) is 60.4 Å². The molecule has 2 aromatic heterocycles. The number of pyridine rings is 2. The Morgan fingerprint density at radius 2 is 1.95 bits per heavy atom. The molecule has 0 aliphatic carbocycles. The highest BCUT2D eigenvalue weighted by Crippen LogP contribution is 2.27. The summed E-state index contributed by atoms with van der Waals surface area (Å²) in [6, 6.07) is 13.7. The number of para-hydroxylation sites is 1. The number of nitrogens with one attached hydrogen (secondary N) is 1. The van der Waals surface area contributed by atoms with E-state index in [1.807, 2.05) is 55.7 Å². The van der Waals surface area contributed by atoms with Crippen LogP contribution >= 0.6 is 0 Å². The van der Waals surface area contributed by atoms with Gasteiger partial charge in [0, 0.05) is 30.4 Å². The molecule has 4 nitrogen and oxygen atoms in total. The molecule has 4 heteroatoms. The van der Waals surface area contributed by atoms with Crippen molar-refractivity contribution >= 4 is 10.9 Å². The Bertz CT molecular complexity index is 705. The Labute approximate surface area is 117 Å². The highest BCUT2D eigenvalue weighted by Gasteiger charge is 2.05. The van der Waals surface area contributed by atoms with Gasteiger partial charge in [-0.3, -0.25) is 4.98 Å². The maximum atomic E-state index is 5.83. The second-order valence-electron chi connectivity index (χ2n) is 4.47. The smallest absolute Gasteiger partial charge is 0.219 e. The summed E-state index contributed by atoms with van der Waals surface area (Å²) in [6.07, 6.45) is 3.57. The molecule has 100 valence electrons. The third-order valence-electron chi connectivity index (χ3n) is 2.99. The van der Waals surface area contributed by atoms with Crippen LogP contribution in [0.3, 0.4) is 0 Å². The van der Waals surface area contributed by atoms with Gasteiger partial charge in [-0.2, -0.15) is 0 Å². The number of aromatic nitrogens is 2. The first-order valence-electron chi connectivity index (χ1n) is 6.48. The molecule has 0 amide bonds. The van der Waals surface area contributed by atoms with E-state index in [1.54, 1.807) is 6.20 Å². The minimum atomic E-state index is 0.572. The van der Waals surface area contributed by atoms with Gasteiger partial charge in [0.05, 0.1) is 0 Å². The first-order chi connectivity index (χ1) is 9.86. The molecule has 0 aliphatic rings. The van der Waals surface area contributed by atoms with Crippen molar-refractivity contribution in [2.24, 2.45) is 0 Å². The number of hydrogen-bond acceptors (Lipinski definition) is 4. The van der Waals surface area contributed by atoms with Crippen molar-refractivity contribution in [2.45, 2.75) is 6.54 Å². The van der Waals surface area contributed by atoms with E-state index >= 15 is 0 Å². The minimum absolute atomic E-state index is 0.572. The molecule has 0 fully saturated rings. The zero-order chi connectivity index (χ0) is 13.8. The topological polar surface area (TPSA) is 47.0 Å². The second kappa shape index (κ2) is 5.67. The lowest BCUT2D eigenvalue weighted by Gasteiger charge is -2.07. The summed E-state index contributed by atoms with van der Waals surface area (Å²) >= 11 is 0. The van der Waals surface area contributed by atoms with Gasteiger partial charge in [-0.15, -0.1) is 0 Å². The van der Waals surface area contributed by atoms with Crippen LogP contribution in [0.15, 0.2) is 54.9 Å². The van der Waals surface area contributed by atoms with Crippen molar-refractivity contribution in [2.75, 3.05) is 7.05 Å². The highest BCUT2D eigenvalue weighted by molar-refractivity contribution is 5.84. The van der Waals surface area contributed by atoms with Crippen molar-refractivity contribution in [1.29, 1.82) is 0 Å². The molecule has 0 aliphatic heterocycles. The van der Waals surface area contributed by atoms with Crippen LogP contribution in [0.1, 0.15) is 5.56 Å². The van der Waals surface area contributed by atoms with E-state index in [0.717, 1.165) is 28.8 Å². The monoisotopic (exact) mass is 265 g/mol. The van der Waals surface area contributed by atoms with E-state index in [4.69, 9.17) is 4.74 Å². The van der Waals surface area contributed by atoms with Gasteiger partial charge in [-0.25, -0.2) is 4.98 Å². The Kier molecular flexibility index (Phi) is 3.56. The molecule has 0 saturated carbocycles. The molecule has 0 atom stereocenters. The maximum absolute atomic E-state index is 5.83. The fourth-order valence-electron chi connectivity index (χ4n) is 2.05. The van der Waals surface area contributed by atoms with Crippen molar-refractivity contribution in [3.63, 3.8) is 0 Å². The first-order valence-corrected chi connectivity index (χ1v) is 6.48. The summed E-state index contributed by atoms with van der Waals surface area (Å²) in [5, 5.41) is 4.14. The number of nitrogens with zero attached hydrogens (tertiary/aromatic N) is 2. The van der Waals surface area contributed by atoms with Crippen LogP contribution in [0.2, 0.25) is 0 Å². The average Bonchev–Trinajstić information content (AvgIpc) is 2.50. The van der Waals surface area contributed by atoms with Crippen LogP contribution in [0.25, 0.3) is 10.9 Å². The van der Waals surface area contributed by atoms with Crippen molar-refractivity contribution in [3.8, 4) is 11.6 Å². The number of benzene rings is 1. The lowest BCUT2D eigenvalue weighted by Crippen LogP contribution is -2.05. The van der Waals surface area contributed by atoms with Crippen LogP contribution < -0.4 is 10.1 Å². The molecule has 0 spiro atoms. The van der Waals surface area contributed by atoms with Crippen LogP contribution in [0.5, 0.6) is 11.6 Å². The zero-order valence-corrected chi connectivity index (χ0v) is 11.2. The normalized spacial score (nSPS) is 10.7. The third kappa shape index (κ3) is 2.60. The van der Waals surface area contributed by atoms with Crippen LogP contribution in [-0.2, 0) is 6.54 Å². The van der Waals surface area contributed by atoms with Gasteiger partial charge in [0.15, 0.2) is 5.75 Å². The summed E-state index contributed by atoms with van der Waals surface area (Å²) in [4.78, 5) is 8.67. The van der Waals surface area contributed by atoms with E-state index < -0.39 is 0 Å². The summed E-state index contributed by atoms with van der Waals surface area (Å²) in [6.45, 7) is 0.795. The van der Waals surface area contributed by atoms with Crippen LogP contribution in [0, 0.1) is 0 Å². The SMILES string of the molecule is CNCc1ccc(Oc2cccc3cccnc23)nc1. The highest BCUT2D eigenvalue weighted by atomic mass is 16.5. The molecular weight excluding hydrogens is 250 g/mol. The molecular formula is C16H15N3O. The Morgan fingerprint density at radius 1 is 1.05 bits per heavy atom. The van der Waals surface area contributed by atoms with Gasteiger partial charge in [-0.05, 0) is 24.7 Å². The number of rotatable bonds is 4. The number of hydrogen-bond donors (Lipinski definition) is 1. The minimum Gasteiger partial charge on any atom is -0.437 e. The molecule has 20 heavy (non-hydrogen) atoms. The van der Waals surface area contributed by atoms with Gasteiger partial charge in [0.1, 0.15) is 5.52 Å². The fraction of sp³-hybridized carbons (Fsp3) is 0.125. The summed E-state index contributed by atoms with van der Waals surface area (Å²) in [5.74, 6) is 1.29. The number of fused-ring (bicyclic) bond motifs is 1. The Hall–Kier alpha value is -2.46. The van der Waals surface area contributed by atoms with Crippen molar-refractivity contribution in [1.82, 2.24) is 15.3 Å². The molecule has 3 aromatic rings. The molecule has 0 saturated heterocycles. The van der Waals surface area contributed by atoms with Crippen LogP contribution in [0.4, 0.5) is 0 Å². The molecule has 0 unspecified atom stereocenters. The Balaban J connectivity index is 1.89. The molecule has 1 aromatic carbocycles. The number of ether oxygens (including phenoxy) is 1. The molecule has 2 heterocycles. The summed E-state index contributed by atoms with van der Waals surface area (Å²) in [7, 11) is 1.91. The van der Waals surface area contributed by atoms with E-state index in [-0.39, 0.29) is 0 Å². The third-order valence-corrected chi connectivity index (χ3v) is 2.99. The predicted molar refractivity (Wildman–Crippen MR) is 78.8 cm³/mol. The predicted octanol–water partition coefficient (Wildman–Crippen LogP) is 3.14. The lowest BCUT2D eigenvalue weighted by atomic mass is 10.2. The van der Waals surface area contributed by atoms with Crippen molar-refractivity contribution < 1.29 is 4.74 Å². The lowest BCUT2D eigenvalue weighted by molar-refractivity contribution is 0.466. The van der Waals surface area contributed by atoms with Gasteiger partial charge >= 0.3 is 0 Å². The first kappa shape index (κ1) is 12.6. The van der Waals surface area contributed by atoms with Gasteiger partial charge in [0.2, 0.25) is 5.88 Å². The van der Waals surface area contributed by atoms with Gasteiger partial charge in [0.25, 0.3) is 0 Å². The van der Waals surface area contributed by atoms with Gasteiger partial charge < -0.3 is 10.1 Å². The average molecular weight is 265 g/mol. The summed E-state index contributed by atoms with van der Waals surface area (Å²) < 4.78 is 5.83. The van der Waals surface area contributed by atoms with E-state index in [2.05, 4.69) is 15.3 Å². The van der Waals surface area contributed by atoms with E-state index in [0.29, 0.717) is 5.88 Å². The molecule has 0 radical (unpaired) electrons. The standard InChI is InChI=1S/C16H15N3O/c1-17-10-12-7-8-15(19-11-12)20-14-6-2-4-13-5-3-9-18-16(13)14/h2-9,11,17H,10H2,1H3. The molecule has 0 bridgehead atoms. The Morgan fingerprint density at radius 3 is 2.75 bits per heavy atom. The van der Waals surface area contributed by atoms with E-state index in [9.17, 15) is 0 Å². The zero-order valence-electron chi connectivity index (χ0n) is 11.2. The summed E-state index contributed by atoms with van der Waals surface area (Å²) in [5.41, 5.74) is 1.96. The fourth-order valence-corrected chi connectivity index (χ4v) is 2.05. The quantitative estimate of drug-likeness (QED) is 0.787. The largest absolute Gasteiger partial charge is 0.437 e. The maximum Gasteiger partial charge on any atom is 0.219 e. The van der Waals surface area contributed by atoms with E-state index in [1.165, 1.54) is 0 Å². The van der Waals surface area contributed by atoms with Crippen LogP contribution in [-0.4, -0.2) is 17.0 Å². The molecule has 3 rings (SSSR count).